The van der Waals surface area contributed by atoms with E-state index in [-0.39, 0.29) is 22.8 Å². The molecule has 1 aliphatic carbocycles. The van der Waals surface area contributed by atoms with Crippen LogP contribution in [0.3, 0.4) is 0 Å². The molecule has 1 saturated carbocycles. The molecule has 27 heavy (non-hydrogen) atoms. The van der Waals surface area contributed by atoms with E-state index in [4.69, 9.17) is 11.6 Å². The van der Waals surface area contributed by atoms with E-state index in [1.54, 1.807) is 6.07 Å². The van der Waals surface area contributed by atoms with Gasteiger partial charge >= 0.3 is 6.18 Å². The van der Waals surface area contributed by atoms with Crippen LogP contribution in [-0.2, 0) is 6.18 Å². The summed E-state index contributed by atoms with van der Waals surface area (Å²) in [6.07, 6.45) is 0.459. The molecule has 0 bridgehead atoms. The number of nitrogens with zero attached hydrogens (tertiary/aromatic N) is 2. The Morgan fingerprint density at radius 2 is 1.89 bits per heavy atom. The first-order chi connectivity index (χ1) is 12.5. The summed E-state index contributed by atoms with van der Waals surface area (Å²) in [5.41, 5.74) is 0.644. The number of nitrogens with one attached hydrogen (secondary N) is 1. The molecule has 0 amide bonds. The van der Waals surface area contributed by atoms with E-state index in [1.165, 1.54) is 11.6 Å². The zero-order valence-electron chi connectivity index (χ0n) is 15.0. The third-order valence-electron chi connectivity index (χ3n) is 4.98. The molecule has 0 saturated heterocycles. The second-order valence-electron chi connectivity index (χ2n) is 7.43. The summed E-state index contributed by atoms with van der Waals surface area (Å²) >= 11 is 6.56. The van der Waals surface area contributed by atoms with Crippen molar-refractivity contribution in [1.29, 1.82) is 0 Å². The molecule has 2 heterocycles. The van der Waals surface area contributed by atoms with Crippen LogP contribution in [0.2, 0.25) is 5.15 Å². The number of hydrogen-bond acceptors (Lipinski definition) is 5. The molecule has 9 heteroatoms. The molecule has 2 aromatic rings. The average Bonchev–Trinajstić information content (AvgIpc) is 3.05. The molecular weight excluding hydrogens is 399 g/mol. The van der Waals surface area contributed by atoms with E-state index in [0.717, 1.165) is 25.7 Å². The smallest absolute Gasteiger partial charge is 0.390 e. The van der Waals surface area contributed by atoms with E-state index >= 15 is 0 Å². The number of alkyl halides is 3. The van der Waals surface area contributed by atoms with Gasteiger partial charge < -0.3 is 10.4 Å². The number of pyridine rings is 1. The fraction of sp³-hybridized carbons (Fsp3) is 0.556. The first-order valence-electron chi connectivity index (χ1n) is 8.71. The van der Waals surface area contributed by atoms with Crippen molar-refractivity contribution < 1.29 is 18.3 Å². The Morgan fingerprint density at radius 1 is 1.22 bits per heavy atom. The second-order valence-corrected chi connectivity index (χ2v) is 8.68. The Balaban J connectivity index is 1.79. The van der Waals surface area contributed by atoms with E-state index < -0.39 is 16.8 Å². The van der Waals surface area contributed by atoms with Crippen LogP contribution in [0.15, 0.2) is 17.6 Å². The predicted molar refractivity (Wildman–Crippen MR) is 101 cm³/mol. The number of hydrogen-bond donors (Lipinski definition) is 2. The number of rotatable bonds is 4. The SMILES string of the molecule is CC(C)(O)C1CCC(Nc2cc(Cl)ncc2-c2csc(C(F)(F)F)n2)CC1. The van der Waals surface area contributed by atoms with E-state index in [0.29, 0.717) is 22.6 Å². The number of anilines is 1. The maximum Gasteiger partial charge on any atom is 0.443 e. The summed E-state index contributed by atoms with van der Waals surface area (Å²) in [6.45, 7) is 3.65. The zero-order valence-corrected chi connectivity index (χ0v) is 16.5. The molecule has 3 rings (SSSR count). The minimum atomic E-state index is -4.47. The summed E-state index contributed by atoms with van der Waals surface area (Å²) < 4.78 is 38.6. The van der Waals surface area contributed by atoms with Crippen LogP contribution in [-0.4, -0.2) is 26.7 Å². The van der Waals surface area contributed by atoms with Gasteiger partial charge in [0, 0.05) is 28.9 Å². The fourth-order valence-corrected chi connectivity index (χ4v) is 4.29. The van der Waals surface area contributed by atoms with Crippen LogP contribution in [0.4, 0.5) is 18.9 Å². The van der Waals surface area contributed by atoms with Crippen molar-refractivity contribution in [3.8, 4) is 11.3 Å². The van der Waals surface area contributed by atoms with Gasteiger partial charge in [0.2, 0.25) is 0 Å². The maximum atomic E-state index is 12.9. The second kappa shape index (κ2) is 7.56. The number of thiazole rings is 1. The Morgan fingerprint density at radius 3 is 2.44 bits per heavy atom. The molecule has 1 fully saturated rings. The monoisotopic (exact) mass is 419 g/mol. The molecule has 1 aliphatic rings. The highest BCUT2D eigenvalue weighted by molar-refractivity contribution is 7.10. The quantitative estimate of drug-likeness (QED) is 0.631. The highest BCUT2D eigenvalue weighted by Crippen LogP contribution is 2.38. The van der Waals surface area contributed by atoms with Gasteiger partial charge in [0.25, 0.3) is 0 Å². The van der Waals surface area contributed by atoms with Gasteiger partial charge in [0.05, 0.1) is 11.3 Å². The standard InChI is InChI=1S/C18H21ClF3N3OS/c1-17(2,26)10-3-5-11(6-4-10)24-13-7-15(19)23-8-12(13)14-9-27-16(25-14)18(20,21)22/h7-11,26H,3-6H2,1-2H3,(H,23,24). The molecule has 0 aliphatic heterocycles. The van der Waals surface area contributed by atoms with Crippen molar-refractivity contribution in [1.82, 2.24) is 9.97 Å². The zero-order chi connectivity index (χ0) is 19.8. The van der Waals surface area contributed by atoms with E-state index in [1.807, 2.05) is 13.8 Å². The van der Waals surface area contributed by atoms with Crippen LogP contribution in [0.5, 0.6) is 0 Å². The van der Waals surface area contributed by atoms with E-state index in [9.17, 15) is 18.3 Å². The summed E-state index contributed by atoms with van der Waals surface area (Å²) in [7, 11) is 0. The highest BCUT2D eigenvalue weighted by atomic mass is 35.5. The van der Waals surface area contributed by atoms with Crippen molar-refractivity contribution in [3.63, 3.8) is 0 Å². The Labute approximate surface area is 164 Å². The molecule has 4 nitrogen and oxygen atoms in total. The molecule has 0 unspecified atom stereocenters. The van der Waals surface area contributed by atoms with Crippen LogP contribution in [0.25, 0.3) is 11.3 Å². The molecule has 0 aromatic carbocycles. The lowest BCUT2D eigenvalue weighted by Gasteiger charge is -2.36. The van der Waals surface area contributed by atoms with Gasteiger partial charge in [-0.05, 0) is 51.5 Å². The predicted octanol–water partition coefficient (Wildman–Crippen LogP) is 5.62. The van der Waals surface area contributed by atoms with Crippen LogP contribution in [0.1, 0.15) is 44.5 Å². The molecular formula is C18H21ClF3N3OS. The van der Waals surface area contributed by atoms with Crippen molar-refractivity contribution in [3.05, 3.63) is 27.8 Å². The molecule has 148 valence electrons. The van der Waals surface area contributed by atoms with Crippen molar-refractivity contribution in [2.24, 2.45) is 5.92 Å². The Hall–Kier alpha value is -1.38. The van der Waals surface area contributed by atoms with Gasteiger partial charge in [0.15, 0.2) is 5.01 Å². The summed E-state index contributed by atoms with van der Waals surface area (Å²) in [6, 6.07) is 1.77. The third-order valence-corrected chi connectivity index (χ3v) is 6.07. The molecule has 0 spiro atoms. The van der Waals surface area contributed by atoms with Gasteiger partial charge in [-0.2, -0.15) is 13.2 Å². The summed E-state index contributed by atoms with van der Waals surface area (Å²) in [5, 5.41) is 14.3. The van der Waals surface area contributed by atoms with Gasteiger partial charge in [-0.1, -0.05) is 11.6 Å². The first kappa shape index (κ1) is 20.4. The lowest BCUT2D eigenvalue weighted by atomic mass is 9.77. The summed E-state index contributed by atoms with van der Waals surface area (Å²) in [5.74, 6) is 0.240. The number of aliphatic hydroxyl groups is 1. The van der Waals surface area contributed by atoms with Gasteiger partial charge in [-0.3, -0.25) is 0 Å². The fourth-order valence-electron chi connectivity index (χ4n) is 3.45. The van der Waals surface area contributed by atoms with Gasteiger partial charge in [-0.15, -0.1) is 11.3 Å². The Bertz CT molecular complexity index is 796. The first-order valence-corrected chi connectivity index (χ1v) is 9.97. The highest BCUT2D eigenvalue weighted by Gasteiger charge is 2.35. The number of aromatic nitrogens is 2. The molecule has 0 atom stereocenters. The maximum absolute atomic E-state index is 12.9. The van der Waals surface area contributed by atoms with Crippen LogP contribution >= 0.6 is 22.9 Å². The minimum absolute atomic E-state index is 0.154. The lowest BCUT2D eigenvalue weighted by molar-refractivity contribution is -0.137. The Kier molecular flexibility index (Phi) is 5.70. The summed E-state index contributed by atoms with van der Waals surface area (Å²) in [4.78, 5) is 7.72. The van der Waals surface area contributed by atoms with Crippen molar-refractivity contribution in [2.45, 2.75) is 57.3 Å². The molecule has 0 radical (unpaired) electrons. The normalized spacial score (nSPS) is 21.3. The third kappa shape index (κ3) is 4.92. The average molecular weight is 420 g/mol. The molecule has 2 N–H and O–H groups in total. The van der Waals surface area contributed by atoms with Gasteiger partial charge in [-0.25, -0.2) is 9.97 Å². The van der Waals surface area contributed by atoms with Crippen molar-refractivity contribution >= 4 is 28.6 Å². The topological polar surface area (TPSA) is 58.0 Å². The van der Waals surface area contributed by atoms with E-state index in [2.05, 4.69) is 15.3 Å². The van der Waals surface area contributed by atoms with Crippen molar-refractivity contribution in [2.75, 3.05) is 5.32 Å². The molecule has 2 aromatic heterocycles. The van der Waals surface area contributed by atoms with Crippen LogP contribution < -0.4 is 5.32 Å². The minimum Gasteiger partial charge on any atom is -0.390 e. The van der Waals surface area contributed by atoms with Crippen LogP contribution in [0, 0.1) is 5.92 Å². The van der Waals surface area contributed by atoms with Gasteiger partial charge in [0.1, 0.15) is 5.15 Å². The number of halogens is 4. The lowest BCUT2D eigenvalue weighted by Crippen LogP contribution is -2.37. The largest absolute Gasteiger partial charge is 0.443 e.